The highest BCUT2D eigenvalue weighted by molar-refractivity contribution is 9.10. The van der Waals surface area contributed by atoms with Crippen molar-refractivity contribution in [3.05, 3.63) is 70.1 Å². The van der Waals surface area contributed by atoms with E-state index in [9.17, 15) is 13.2 Å². The Morgan fingerprint density at radius 2 is 1.82 bits per heavy atom. The normalized spacial score (nSPS) is 17.4. The molecular weight excluding hydrogens is 442 g/mol. The van der Waals surface area contributed by atoms with E-state index in [1.807, 2.05) is 12.1 Å². The number of hydrogen-bond donors (Lipinski definition) is 0. The van der Waals surface area contributed by atoms with Crippen LogP contribution in [-0.4, -0.2) is 32.7 Å². The van der Waals surface area contributed by atoms with Gasteiger partial charge in [-0.25, -0.2) is 8.42 Å². The van der Waals surface area contributed by atoms with Crippen LogP contribution in [0.2, 0.25) is 0 Å². The smallest absolute Gasteiger partial charge is 0.258 e. The molecule has 7 heteroatoms. The molecule has 1 unspecified atom stereocenters. The minimum absolute atomic E-state index is 0.118. The molecule has 5 nitrogen and oxygen atoms in total. The lowest BCUT2D eigenvalue weighted by Crippen LogP contribution is -2.41. The van der Waals surface area contributed by atoms with Crippen LogP contribution in [0.1, 0.15) is 30.1 Å². The van der Waals surface area contributed by atoms with Crippen molar-refractivity contribution in [1.82, 2.24) is 0 Å². The zero-order chi connectivity index (χ0) is 20.1. The number of hydrogen-bond acceptors (Lipinski definition) is 4. The van der Waals surface area contributed by atoms with Crippen LogP contribution in [0.25, 0.3) is 0 Å². The first-order valence-electron chi connectivity index (χ1n) is 9.12. The van der Waals surface area contributed by atoms with Crippen LogP contribution in [0.3, 0.4) is 0 Å². The maximum Gasteiger partial charge on any atom is 0.258 e. The molecule has 1 heterocycles. The maximum atomic E-state index is 13.2. The number of anilines is 1. The van der Waals surface area contributed by atoms with Gasteiger partial charge < -0.3 is 9.64 Å². The molecule has 0 bridgehead atoms. The van der Waals surface area contributed by atoms with Gasteiger partial charge in [-0.1, -0.05) is 29.3 Å². The summed E-state index contributed by atoms with van der Waals surface area (Å²) in [6, 6.07) is 13.7. The predicted octanol–water partition coefficient (Wildman–Crippen LogP) is 4.59. The number of carbonyl (C=O) groups excluding carboxylic acids is 1. The third-order valence-electron chi connectivity index (χ3n) is 4.43. The van der Waals surface area contributed by atoms with E-state index >= 15 is 0 Å². The first-order valence-corrected chi connectivity index (χ1v) is 11.6. The third-order valence-corrected chi connectivity index (χ3v) is 6.34. The molecule has 1 atom stereocenters. The van der Waals surface area contributed by atoms with Crippen molar-refractivity contribution in [3.63, 3.8) is 0 Å². The summed E-state index contributed by atoms with van der Waals surface area (Å²) in [6.45, 7) is 2.74. The van der Waals surface area contributed by atoms with E-state index in [0.29, 0.717) is 23.6 Å². The molecule has 2 aromatic rings. The number of benzene rings is 2. The summed E-state index contributed by atoms with van der Waals surface area (Å²) in [4.78, 5) is 14.8. The first kappa shape index (κ1) is 20.6. The Morgan fingerprint density at radius 1 is 1.14 bits per heavy atom. The lowest BCUT2D eigenvalue weighted by molar-refractivity contribution is 0.0983. The standard InChI is InChI=1S/C21H22BrNO4S/c1-2-3-13-27-20-10-4-16(5-11-20)21(24)23(18-8-6-17(22)7-9-18)19-12-14-28(25,26)15-19/h4-12,14,19H,2-3,13,15H2,1H3. The Balaban J connectivity index is 1.86. The van der Waals surface area contributed by atoms with Gasteiger partial charge in [0.05, 0.1) is 18.4 Å². The van der Waals surface area contributed by atoms with Gasteiger partial charge in [0, 0.05) is 21.1 Å². The molecule has 0 saturated heterocycles. The second-order valence-electron chi connectivity index (χ2n) is 6.60. The zero-order valence-electron chi connectivity index (χ0n) is 15.5. The molecule has 3 rings (SSSR count). The van der Waals surface area contributed by atoms with Crippen molar-refractivity contribution in [2.75, 3.05) is 17.3 Å². The minimum atomic E-state index is -3.30. The number of carbonyl (C=O) groups is 1. The summed E-state index contributed by atoms with van der Waals surface area (Å²) in [7, 11) is -3.30. The number of amides is 1. The van der Waals surface area contributed by atoms with Crippen LogP contribution < -0.4 is 9.64 Å². The highest BCUT2D eigenvalue weighted by Gasteiger charge is 2.32. The molecule has 0 aliphatic carbocycles. The van der Waals surface area contributed by atoms with Gasteiger partial charge in [-0.3, -0.25) is 4.79 Å². The van der Waals surface area contributed by atoms with Gasteiger partial charge in [-0.2, -0.15) is 0 Å². The van der Waals surface area contributed by atoms with Crippen molar-refractivity contribution >= 4 is 37.4 Å². The second kappa shape index (κ2) is 8.92. The molecule has 0 N–H and O–H groups in total. The Morgan fingerprint density at radius 3 is 2.39 bits per heavy atom. The molecule has 1 aliphatic rings. The molecule has 2 aromatic carbocycles. The van der Waals surface area contributed by atoms with Crippen molar-refractivity contribution < 1.29 is 17.9 Å². The van der Waals surface area contributed by atoms with Gasteiger partial charge >= 0.3 is 0 Å². The fourth-order valence-corrected chi connectivity index (χ4v) is 4.48. The number of nitrogens with zero attached hydrogens (tertiary/aromatic N) is 1. The first-order chi connectivity index (χ1) is 13.4. The largest absolute Gasteiger partial charge is 0.494 e. The number of ether oxygens (including phenoxy) is 1. The van der Waals surface area contributed by atoms with Crippen molar-refractivity contribution in [2.24, 2.45) is 0 Å². The highest BCUT2D eigenvalue weighted by atomic mass is 79.9. The van der Waals surface area contributed by atoms with E-state index in [1.165, 1.54) is 10.3 Å². The second-order valence-corrected chi connectivity index (χ2v) is 9.45. The molecule has 28 heavy (non-hydrogen) atoms. The number of rotatable bonds is 7. The Labute approximate surface area is 174 Å². The van der Waals surface area contributed by atoms with E-state index < -0.39 is 15.9 Å². The molecule has 0 fully saturated rings. The highest BCUT2D eigenvalue weighted by Crippen LogP contribution is 2.27. The fourth-order valence-electron chi connectivity index (χ4n) is 2.95. The number of unbranched alkanes of at least 4 members (excludes halogenated alkanes) is 1. The number of halogens is 1. The van der Waals surface area contributed by atoms with Crippen LogP contribution in [0.4, 0.5) is 5.69 Å². The van der Waals surface area contributed by atoms with Crippen molar-refractivity contribution in [3.8, 4) is 5.75 Å². The fraction of sp³-hybridized carbons (Fsp3) is 0.286. The van der Waals surface area contributed by atoms with Gasteiger partial charge in [-0.05, 0) is 61.0 Å². The van der Waals surface area contributed by atoms with Crippen molar-refractivity contribution in [2.45, 2.75) is 25.8 Å². The molecule has 0 aromatic heterocycles. The lowest BCUT2D eigenvalue weighted by atomic mass is 10.1. The van der Waals surface area contributed by atoms with E-state index in [0.717, 1.165) is 17.3 Å². The molecule has 0 saturated carbocycles. The molecule has 148 valence electrons. The third kappa shape index (κ3) is 5.02. The SMILES string of the molecule is CCCCOc1ccc(C(=O)N(c2ccc(Br)cc2)C2C=CS(=O)(=O)C2)cc1. The topological polar surface area (TPSA) is 63.7 Å². The van der Waals surface area contributed by atoms with Crippen LogP contribution in [0.5, 0.6) is 5.75 Å². The van der Waals surface area contributed by atoms with Gasteiger partial charge in [0.2, 0.25) is 0 Å². The number of sulfone groups is 1. The summed E-state index contributed by atoms with van der Waals surface area (Å²) in [5, 5.41) is 1.18. The monoisotopic (exact) mass is 463 g/mol. The van der Waals surface area contributed by atoms with Crippen LogP contribution >= 0.6 is 15.9 Å². The summed E-state index contributed by atoms with van der Waals surface area (Å²) in [5.74, 6) is 0.338. The molecule has 0 spiro atoms. The van der Waals surface area contributed by atoms with Gasteiger partial charge in [0.25, 0.3) is 5.91 Å². The van der Waals surface area contributed by atoms with E-state index in [2.05, 4.69) is 22.9 Å². The average Bonchev–Trinajstić information content (AvgIpc) is 3.03. The van der Waals surface area contributed by atoms with Gasteiger partial charge in [0.1, 0.15) is 5.75 Å². The Bertz CT molecular complexity index is 953. The molecular formula is C21H22BrNO4S. The summed E-state index contributed by atoms with van der Waals surface area (Å²) >= 11 is 3.38. The molecule has 1 amide bonds. The Kier molecular flexibility index (Phi) is 6.57. The minimum Gasteiger partial charge on any atom is -0.494 e. The quantitative estimate of drug-likeness (QED) is 0.563. The summed E-state index contributed by atoms with van der Waals surface area (Å²) in [5.41, 5.74) is 1.12. The average molecular weight is 464 g/mol. The molecule has 0 radical (unpaired) electrons. The van der Waals surface area contributed by atoms with Gasteiger partial charge in [-0.15, -0.1) is 0 Å². The van der Waals surface area contributed by atoms with Crippen molar-refractivity contribution in [1.29, 1.82) is 0 Å². The predicted molar refractivity (Wildman–Crippen MR) is 115 cm³/mol. The van der Waals surface area contributed by atoms with E-state index in [4.69, 9.17) is 4.74 Å². The summed E-state index contributed by atoms with van der Waals surface area (Å²) < 4.78 is 30.3. The van der Waals surface area contributed by atoms with E-state index in [1.54, 1.807) is 42.5 Å². The Hall–Kier alpha value is -2.12. The van der Waals surface area contributed by atoms with Crippen LogP contribution in [-0.2, 0) is 9.84 Å². The lowest BCUT2D eigenvalue weighted by Gasteiger charge is -2.28. The summed E-state index contributed by atoms with van der Waals surface area (Å²) in [6.07, 6.45) is 3.59. The van der Waals surface area contributed by atoms with Crippen LogP contribution in [0.15, 0.2) is 64.5 Å². The molecule has 1 aliphatic heterocycles. The maximum absolute atomic E-state index is 13.2. The zero-order valence-corrected chi connectivity index (χ0v) is 17.9. The van der Waals surface area contributed by atoms with Gasteiger partial charge in [0.15, 0.2) is 9.84 Å². The van der Waals surface area contributed by atoms with E-state index in [-0.39, 0.29) is 11.7 Å². The van der Waals surface area contributed by atoms with Crippen LogP contribution in [0, 0.1) is 0 Å².